The van der Waals surface area contributed by atoms with E-state index in [-0.39, 0.29) is 5.91 Å². The quantitative estimate of drug-likeness (QED) is 0.849. The molecule has 0 saturated carbocycles. The number of benzene rings is 2. The molecule has 2 aromatic rings. The Bertz CT molecular complexity index is 608. The number of ether oxygens (including phenoxy) is 1. The van der Waals surface area contributed by atoms with Crippen molar-refractivity contribution in [2.24, 2.45) is 0 Å². The lowest BCUT2D eigenvalue weighted by molar-refractivity contribution is -0.114. The Morgan fingerprint density at radius 2 is 1.95 bits per heavy atom. The number of nitrogens with one attached hydrogen (secondary N) is 1. The molecule has 0 atom stereocenters. The minimum absolute atomic E-state index is 0.211. The first-order chi connectivity index (χ1) is 9.69. The highest BCUT2D eigenvalue weighted by Gasteiger charge is 2.07. The van der Waals surface area contributed by atoms with Gasteiger partial charge in [-0.2, -0.15) is 0 Å². The third-order valence-electron chi connectivity index (χ3n) is 2.69. The maximum atomic E-state index is 11.2. The Balaban J connectivity index is 2.17. The molecule has 2 rings (SSSR count). The van der Waals surface area contributed by atoms with Crippen LogP contribution in [0.4, 0.5) is 5.69 Å². The summed E-state index contributed by atoms with van der Waals surface area (Å²) in [5.74, 6) is 0.326. The normalized spacial score (nSPS) is 9.85. The van der Waals surface area contributed by atoms with Gasteiger partial charge in [-0.05, 0) is 23.8 Å². The SMILES string of the molecule is CC(=O)Nc1cc(C=O)ccc1OCc1ccccc1. The summed E-state index contributed by atoms with van der Waals surface area (Å²) >= 11 is 0. The van der Waals surface area contributed by atoms with Gasteiger partial charge in [0, 0.05) is 12.5 Å². The minimum Gasteiger partial charge on any atom is -0.487 e. The van der Waals surface area contributed by atoms with Crippen LogP contribution in [0.15, 0.2) is 48.5 Å². The van der Waals surface area contributed by atoms with Gasteiger partial charge in [0.15, 0.2) is 0 Å². The first-order valence-electron chi connectivity index (χ1n) is 6.22. The molecule has 0 heterocycles. The van der Waals surface area contributed by atoms with Crippen LogP contribution in [-0.2, 0) is 11.4 Å². The van der Waals surface area contributed by atoms with Crippen molar-refractivity contribution in [3.8, 4) is 5.75 Å². The summed E-state index contributed by atoms with van der Waals surface area (Å²) in [5, 5.41) is 2.66. The summed E-state index contributed by atoms with van der Waals surface area (Å²) in [7, 11) is 0. The summed E-state index contributed by atoms with van der Waals surface area (Å²) in [6.45, 7) is 1.81. The number of hydrogen-bond acceptors (Lipinski definition) is 3. The molecule has 0 spiro atoms. The molecule has 2 aromatic carbocycles. The van der Waals surface area contributed by atoms with Crippen molar-refractivity contribution in [3.63, 3.8) is 0 Å². The van der Waals surface area contributed by atoms with E-state index >= 15 is 0 Å². The van der Waals surface area contributed by atoms with Crippen molar-refractivity contribution in [3.05, 3.63) is 59.7 Å². The van der Waals surface area contributed by atoms with Gasteiger partial charge < -0.3 is 10.1 Å². The van der Waals surface area contributed by atoms with E-state index in [0.29, 0.717) is 23.6 Å². The standard InChI is InChI=1S/C16H15NO3/c1-12(19)17-15-9-14(10-18)7-8-16(15)20-11-13-5-3-2-4-6-13/h2-10H,11H2,1H3,(H,17,19). The van der Waals surface area contributed by atoms with Gasteiger partial charge in [0.05, 0.1) is 5.69 Å². The highest BCUT2D eigenvalue weighted by atomic mass is 16.5. The van der Waals surface area contributed by atoms with E-state index in [1.54, 1.807) is 18.2 Å². The molecule has 0 unspecified atom stereocenters. The van der Waals surface area contributed by atoms with E-state index in [9.17, 15) is 9.59 Å². The zero-order chi connectivity index (χ0) is 14.4. The van der Waals surface area contributed by atoms with Gasteiger partial charge in [0.25, 0.3) is 0 Å². The Morgan fingerprint density at radius 1 is 1.20 bits per heavy atom. The van der Waals surface area contributed by atoms with Crippen LogP contribution < -0.4 is 10.1 Å². The summed E-state index contributed by atoms with van der Waals surface area (Å²) in [5.41, 5.74) is 2.01. The molecule has 0 aliphatic carbocycles. The van der Waals surface area contributed by atoms with Crippen molar-refractivity contribution in [1.82, 2.24) is 0 Å². The smallest absolute Gasteiger partial charge is 0.221 e. The lowest BCUT2D eigenvalue weighted by atomic mass is 10.2. The number of anilines is 1. The maximum Gasteiger partial charge on any atom is 0.221 e. The molecule has 0 bridgehead atoms. The molecular weight excluding hydrogens is 254 g/mol. The molecule has 20 heavy (non-hydrogen) atoms. The maximum absolute atomic E-state index is 11.2. The molecule has 4 heteroatoms. The fourth-order valence-electron chi connectivity index (χ4n) is 1.77. The van der Waals surface area contributed by atoms with E-state index in [1.165, 1.54) is 6.92 Å². The molecule has 0 radical (unpaired) electrons. The van der Waals surface area contributed by atoms with Gasteiger partial charge in [-0.15, -0.1) is 0 Å². The largest absolute Gasteiger partial charge is 0.487 e. The number of carbonyl (C=O) groups is 2. The molecule has 102 valence electrons. The van der Waals surface area contributed by atoms with E-state index in [4.69, 9.17) is 4.74 Å². The zero-order valence-electron chi connectivity index (χ0n) is 11.1. The second-order valence-corrected chi connectivity index (χ2v) is 4.33. The van der Waals surface area contributed by atoms with Gasteiger partial charge in [0.2, 0.25) is 5.91 Å². The fraction of sp³-hybridized carbons (Fsp3) is 0.125. The van der Waals surface area contributed by atoms with Crippen LogP contribution in [0.2, 0.25) is 0 Å². The Labute approximate surface area is 117 Å². The summed E-state index contributed by atoms with van der Waals surface area (Å²) in [6.07, 6.45) is 0.728. The summed E-state index contributed by atoms with van der Waals surface area (Å²) < 4.78 is 5.69. The number of amides is 1. The summed E-state index contributed by atoms with van der Waals surface area (Å²) in [6, 6.07) is 14.6. The fourth-order valence-corrected chi connectivity index (χ4v) is 1.77. The molecule has 0 saturated heterocycles. The van der Waals surface area contributed by atoms with Gasteiger partial charge in [-0.1, -0.05) is 30.3 Å². The minimum atomic E-state index is -0.211. The van der Waals surface area contributed by atoms with Crippen molar-refractivity contribution in [2.75, 3.05) is 5.32 Å². The predicted octanol–water partition coefficient (Wildman–Crippen LogP) is 3.04. The van der Waals surface area contributed by atoms with Crippen LogP contribution in [0.3, 0.4) is 0 Å². The van der Waals surface area contributed by atoms with Gasteiger partial charge >= 0.3 is 0 Å². The van der Waals surface area contributed by atoms with Crippen LogP contribution in [-0.4, -0.2) is 12.2 Å². The molecule has 1 N–H and O–H groups in total. The lowest BCUT2D eigenvalue weighted by Crippen LogP contribution is -2.08. The molecule has 0 aliphatic rings. The number of carbonyl (C=O) groups excluding carboxylic acids is 2. The third-order valence-corrected chi connectivity index (χ3v) is 2.69. The predicted molar refractivity (Wildman–Crippen MR) is 76.9 cm³/mol. The van der Waals surface area contributed by atoms with Crippen molar-refractivity contribution < 1.29 is 14.3 Å². The Kier molecular flexibility index (Phi) is 4.50. The van der Waals surface area contributed by atoms with E-state index in [1.807, 2.05) is 30.3 Å². The van der Waals surface area contributed by atoms with Crippen LogP contribution in [0.1, 0.15) is 22.8 Å². The zero-order valence-corrected chi connectivity index (χ0v) is 11.1. The monoisotopic (exact) mass is 269 g/mol. The molecule has 0 fully saturated rings. The average Bonchev–Trinajstić information content (AvgIpc) is 2.46. The highest BCUT2D eigenvalue weighted by Crippen LogP contribution is 2.26. The summed E-state index contributed by atoms with van der Waals surface area (Å²) in [4.78, 5) is 22.0. The third kappa shape index (κ3) is 3.68. The topological polar surface area (TPSA) is 55.4 Å². The molecule has 0 aromatic heterocycles. The van der Waals surface area contributed by atoms with Gasteiger partial charge in [-0.25, -0.2) is 0 Å². The lowest BCUT2D eigenvalue weighted by Gasteiger charge is -2.12. The van der Waals surface area contributed by atoms with Crippen molar-refractivity contribution in [2.45, 2.75) is 13.5 Å². The molecule has 1 amide bonds. The van der Waals surface area contributed by atoms with Gasteiger partial charge in [-0.3, -0.25) is 9.59 Å². The van der Waals surface area contributed by atoms with E-state index in [0.717, 1.165) is 11.8 Å². The first-order valence-corrected chi connectivity index (χ1v) is 6.22. The second kappa shape index (κ2) is 6.52. The van der Waals surface area contributed by atoms with Crippen molar-refractivity contribution >= 4 is 17.9 Å². The van der Waals surface area contributed by atoms with Crippen LogP contribution in [0.5, 0.6) is 5.75 Å². The molecule has 4 nitrogen and oxygen atoms in total. The highest BCUT2D eigenvalue weighted by molar-refractivity contribution is 5.92. The Hall–Kier alpha value is -2.62. The Morgan fingerprint density at radius 3 is 2.60 bits per heavy atom. The first kappa shape index (κ1) is 13.8. The number of aldehydes is 1. The van der Waals surface area contributed by atoms with Crippen molar-refractivity contribution in [1.29, 1.82) is 0 Å². The van der Waals surface area contributed by atoms with Crippen LogP contribution in [0, 0.1) is 0 Å². The molecule has 0 aliphatic heterocycles. The van der Waals surface area contributed by atoms with Crippen LogP contribution in [0.25, 0.3) is 0 Å². The molecular formula is C16H15NO3. The average molecular weight is 269 g/mol. The number of hydrogen-bond donors (Lipinski definition) is 1. The van der Waals surface area contributed by atoms with E-state index < -0.39 is 0 Å². The van der Waals surface area contributed by atoms with Crippen LogP contribution >= 0.6 is 0 Å². The second-order valence-electron chi connectivity index (χ2n) is 4.33. The van der Waals surface area contributed by atoms with Gasteiger partial charge in [0.1, 0.15) is 18.6 Å². The van der Waals surface area contributed by atoms with E-state index in [2.05, 4.69) is 5.32 Å². The number of rotatable bonds is 5.